The quantitative estimate of drug-likeness (QED) is 0.211. The fourth-order valence-corrected chi connectivity index (χ4v) is 8.04. The first-order chi connectivity index (χ1) is 23.6. The molecule has 5 rings (SSSR count). The second-order valence-electron chi connectivity index (χ2n) is 13.6. The molecule has 9 atom stereocenters. The second-order valence-corrected chi connectivity index (χ2v) is 13.6. The molecule has 2 aromatic carbocycles. The maximum Gasteiger partial charge on any atom is 0.344 e. The number of carbonyl (C=O) groups excluding carboxylic acids is 5. The average Bonchev–Trinajstić information content (AvgIpc) is 3.31. The van der Waals surface area contributed by atoms with Gasteiger partial charge in [0.2, 0.25) is 0 Å². The molecule has 3 unspecified atom stereocenters. The van der Waals surface area contributed by atoms with E-state index in [1.807, 2.05) is 6.07 Å². The van der Waals surface area contributed by atoms with E-state index >= 15 is 0 Å². The Kier molecular flexibility index (Phi) is 10.2. The third kappa shape index (κ3) is 6.52. The van der Waals surface area contributed by atoms with Crippen molar-refractivity contribution < 1.29 is 62.6 Å². The lowest BCUT2D eigenvalue weighted by Crippen LogP contribution is -2.81. The molecule has 2 aliphatic carbocycles. The van der Waals surface area contributed by atoms with Crippen LogP contribution in [0.3, 0.4) is 0 Å². The zero-order chi connectivity index (χ0) is 36.5. The number of aliphatic hydroxyl groups excluding tert-OH is 1. The molecule has 3 fully saturated rings. The summed E-state index contributed by atoms with van der Waals surface area (Å²) >= 11 is 0. The molecule has 0 amide bonds. The molecule has 1 aliphatic heterocycles. The van der Waals surface area contributed by atoms with Gasteiger partial charge in [-0.1, -0.05) is 48.5 Å². The standard InChI is InChI=1S/C37H42O13/c1-22(38)45-20-28(41)48-26-18-19-35(4,44)37-31(47-23(2)39)29(34(3,50-37)21-46-33(43)25-14-10-7-11-15-25)30(42)32(36(26,37)5)49-27(40)17-16-24-12-8-6-9-13-24/h6-17,26,29-32,42,44H,18-21H2,1-5H3/b17-16+/t26-,29?,30-,31+,32-,34?,35-,36-,37?/m0/s1. The van der Waals surface area contributed by atoms with Crippen LogP contribution in [0.4, 0.5) is 0 Å². The van der Waals surface area contributed by atoms with Gasteiger partial charge in [-0.15, -0.1) is 0 Å². The lowest BCUT2D eigenvalue weighted by Gasteiger charge is -2.64. The van der Waals surface area contributed by atoms with Crippen molar-refractivity contribution in [2.45, 2.75) is 88.7 Å². The van der Waals surface area contributed by atoms with Gasteiger partial charge in [0.1, 0.15) is 42.2 Å². The van der Waals surface area contributed by atoms with Crippen molar-refractivity contribution in [3.63, 3.8) is 0 Å². The molecule has 2 N–H and O–H groups in total. The van der Waals surface area contributed by atoms with E-state index in [4.69, 9.17) is 28.4 Å². The molecule has 0 aromatic heterocycles. The van der Waals surface area contributed by atoms with Crippen molar-refractivity contribution in [3.05, 3.63) is 77.9 Å². The van der Waals surface area contributed by atoms with Gasteiger partial charge in [-0.2, -0.15) is 0 Å². The predicted molar refractivity (Wildman–Crippen MR) is 174 cm³/mol. The Morgan fingerprint density at radius 2 is 1.50 bits per heavy atom. The molecule has 1 heterocycles. The van der Waals surface area contributed by atoms with E-state index in [0.717, 1.165) is 13.8 Å². The molecule has 268 valence electrons. The molecular weight excluding hydrogens is 652 g/mol. The van der Waals surface area contributed by atoms with Gasteiger partial charge >= 0.3 is 29.8 Å². The molecule has 1 saturated heterocycles. The van der Waals surface area contributed by atoms with Crippen LogP contribution in [-0.2, 0) is 47.6 Å². The Labute approximate surface area is 289 Å². The third-order valence-corrected chi connectivity index (χ3v) is 10.2. The topological polar surface area (TPSA) is 181 Å². The molecule has 2 saturated carbocycles. The van der Waals surface area contributed by atoms with Crippen LogP contribution in [0.5, 0.6) is 0 Å². The Hall–Kier alpha value is -4.59. The van der Waals surface area contributed by atoms with E-state index in [2.05, 4.69) is 0 Å². The maximum absolute atomic E-state index is 13.5. The summed E-state index contributed by atoms with van der Waals surface area (Å²) in [5.74, 6) is -5.24. The first-order valence-corrected chi connectivity index (χ1v) is 16.3. The van der Waals surface area contributed by atoms with Crippen LogP contribution in [0.2, 0.25) is 0 Å². The van der Waals surface area contributed by atoms with Crippen LogP contribution in [0.15, 0.2) is 66.7 Å². The number of ether oxygens (including phenoxy) is 6. The Morgan fingerprint density at radius 1 is 0.860 bits per heavy atom. The highest BCUT2D eigenvalue weighted by Crippen LogP contribution is 2.68. The number of hydrogen-bond acceptors (Lipinski definition) is 13. The largest absolute Gasteiger partial charge is 0.459 e. The van der Waals surface area contributed by atoms with E-state index in [1.54, 1.807) is 54.6 Å². The van der Waals surface area contributed by atoms with Crippen LogP contribution < -0.4 is 0 Å². The summed E-state index contributed by atoms with van der Waals surface area (Å²) in [5.41, 5.74) is -6.43. The van der Waals surface area contributed by atoms with Gasteiger partial charge in [-0.05, 0) is 57.4 Å². The fourth-order valence-electron chi connectivity index (χ4n) is 8.04. The lowest BCUT2D eigenvalue weighted by molar-refractivity contribution is -0.339. The van der Waals surface area contributed by atoms with Gasteiger partial charge in [0.15, 0.2) is 6.61 Å². The van der Waals surface area contributed by atoms with Crippen LogP contribution in [0.25, 0.3) is 6.08 Å². The highest BCUT2D eigenvalue weighted by molar-refractivity contribution is 5.89. The highest BCUT2D eigenvalue weighted by atomic mass is 16.6. The van der Waals surface area contributed by atoms with E-state index in [0.29, 0.717) is 5.56 Å². The van der Waals surface area contributed by atoms with Crippen LogP contribution in [0, 0.1) is 11.3 Å². The number of benzene rings is 2. The monoisotopic (exact) mass is 694 g/mol. The average molecular weight is 695 g/mol. The molecule has 13 nitrogen and oxygen atoms in total. The summed E-state index contributed by atoms with van der Waals surface area (Å²) in [6, 6.07) is 17.1. The summed E-state index contributed by atoms with van der Waals surface area (Å²) in [6.45, 7) is 5.59. The summed E-state index contributed by atoms with van der Waals surface area (Å²) in [7, 11) is 0. The lowest BCUT2D eigenvalue weighted by atomic mass is 9.47. The van der Waals surface area contributed by atoms with Crippen molar-refractivity contribution >= 4 is 35.9 Å². The van der Waals surface area contributed by atoms with Crippen molar-refractivity contribution in [3.8, 4) is 0 Å². The van der Waals surface area contributed by atoms with Crippen molar-refractivity contribution in [2.24, 2.45) is 11.3 Å². The number of esters is 5. The zero-order valence-electron chi connectivity index (χ0n) is 28.5. The molecule has 3 aliphatic rings. The van der Waals surface area contributed by atoms with Gasteiger partial charge in [-0.25, -0.2) is 14.4 Å². The summed E-state index contributed by atoms with van der Waals surface area (Å²) in [6.07, 6.45) is -3.28. The van der Waals surface area contributed by atoms with Crippen LogP contribution in [-0.4, -0.2) is 94.5 Å². The number of fused-ring (bicyclic) bond motifs is 1. The molecule has 2 aromatic rings. The van der Waals surface area contributed by atoms with E-state index in [-0.39, 0.29) is 18.4 Å². The highest BCUT2D eigenvalue weighted by Gasteiger charge is 2.85. The summed E-state index contributed by atoms with van der Waals surface area (Å²) in [5, 5.41) is 24.6. The SMILES string of the molecule is CC(=O)OCC(=O)O[C@H]1CC[C@](C)(O)C23OC(C)(COC(=O)c4ccccc4)C([C@H]2OC(C)=O)[C@H](O)[C@H](OC(=O)/C=C/c2ccccc2)[C@]13C. The third-order valence-electron chi connectivity index (χ3n) is 10.2. The molecule has 50 heavy (non-hydrogen) atoms. The summed E-state index contributed by atoms with van der Waals surface area (Å²) in [4.78, 5) is 63.8. The Morgan fingerprint density at radius 3 is 2.12 bits per heavy atom. The number of carbonyl (C=O) groups is 5. The van der Waals surface area contributed by atoms with Crippen LogP contribution >= 0.6 is 0 Å². The second kappa shape index (κ2) is 14.0. The molecule has 1 spiro atoms. The smallest absolute Gasteiger partial charge is 0.344 e. The van der Waals surface area contributed by atoms with E-state index in [1.165, 1.54) is 32.9 Å². The zero-order valence-corrected chi connectivity index (χ0v) is 28.5. The molecule has 13 heteroatoms. The van der Waals surface area contributed by atoms with Crippen molar-refractivity contribution in [1.29, 1.82) is 0 Å². The number of hydrogen-bond donors (Lipinski definition) is 2. The Balaban J connectivity index is 1.62. The minimum absolute atomic E-state index is 0.0157. The number of aliphatic hydroxyl groups is 2. The van der Waals surface area contributed by atoms with Gasteiger partial charge in [0.25, 0.3) is 0 Å². The van der Waals surface area contributed by atoms with E-state index < -0.39 is 95.6 Å². The predicted octanol–water partition coefficient (Wildman–Crippen LogP) is 2.94. The van der Waals surface area contributed by atoms with Crippen LogP contribution in [0.1, 0.15) is 63.4 Å². The summed E-state index contributed by atoms with van der Waals surface area (Å²) < 4.78 is 35.2. The van der Waals surface area contributed by atoms with Crippen molar-refractivity contribution in [1.82, 2.24) is 0 Å². The number of rotatable bonds is 10. The molecule has 2 bridgehead atoms. The minimum atomic E-state index is -2.03. The minimum Gasteiger partial charge on any atom is -0.459 e. The van der Waals surface area contributed by atoms with Gasteiger partial charge in [-0.3, -0.25) is 9.59 Å². The van der Waals surface area contributed by atoms with Gasteiger partial charge in [0, 0.05) is 19.9 Å². The van der Waals surface area contributed by atoms with Gasteiger partial charge < -0.3 is 38.6 Å². The normalized spacial score (nSPS) is 34.3. The van der Waals surface area contributed by atoms with Crippen molar-refractivity contribution in [2.75, 3.05) is 13.2 Å². The maximum atomic E-state index is 13.5. The Bertz CT molecular complexity index is 1640. The van der Waals surface area contributed by atoms with E-state index in [9.17, 15) is 34.2 Å². The molecular formula is C37H42O13. The fraction of sp³-hybridized carbons (Fsp3) is 0.486. The first kappa shape index (κ1) is 36.7. The van der Waals surface area contributed by atoms with Gasteiger partial charge in [0.05, 0.1) is 22.5 Å². The first-order valence-electron chi connectivity index (χ1n) is 16.3. The molecule has 0 radical (unpaired) electrons.